The molecule has 1 atom stereocenters. The molecule has 33 heavy (non-hydrogen) atoms. The largest absolute Gasteiger partial charge is 0.483 e. The Kier molecular flexibility index (Phi) is 6.73. The van der Waals surface area contributed by atoms with Crippen LogP contribution in [0.25, 0.3) is 0 Å². The Morgan fingerprint density at radius 1 is 1.09 bits per heavy atom. The van der Waals surface area contributed by atoms with Gasteiger partial charge in [-0.15, -0.1) is 0 Å². The first-order chi connectivity index (χ1) is 15.9. The van der Waals surface area contributed by atoms with Gasteiger partial charge in [0.05, 0.1) is 11.1 Å². The lowest BCUT2D eigenvalue weighted by Crippen LogP contribution is -2.54. The Morgan fingerprint density at radius 3 is 2.55 bits per heavy atom. The van der Waals surface area contributed by atoms with Crippen LogP contribution in [0, 0.1) is 5.92 Å². The van der Waals surface area contributed by atoms with Gasteiger partial charge >= 0.3 is 0 Å². The van der Waals surface area contributed by atoms with Crippen molar-refractivity contribution < 1.29 is 28.7 Å². The molecule has 0 saturated carbocycles. The number of hydrogen-bond acceptors (Lipinski definition) is 7. The van der Waals surface area contributed by atoms with Gasteiger partial charge in [0, 0.05) is 19.5 Å². The molecule has 0 radical (unpaired) electrons. The molecular formula is C23H28N4O6. The van der Waals surface area contributed by atoms with Crippen LogP contribution in [-0.4, -0.2) is 71.6 Å². The van der Waals surface area contributed by atoms with Crippen molar-refractivity contribution in [1.82, 2.24) is 15.1 Å². The van der Waals surface area contributed by atoms with Gasteiger partial charge in [-0.25, -0.2) is 0 Å². The second-order valence-electron chi connectivity index (χ2n) is 8.67. The minimum Gasteiger partial charge on any atom is -0.483 e. The number of carbonyl (C=O) groups is 5. The summed E-state index contributed by atoms with van der Waals surface area (Å²) < 4.78 is 5.69. The third-order valence-electron chi connectivity index (χ3n) is 6.56. The van der Waals surface area contributed by atoms with Gasteiger partial charge in [0.1, 0.15) is 11.8 Å². The molecule has 0 aliphatic carbocycles. The summed E-state index contributed by atoms with van der Waals surface area (Å²) >= 11 is 0. The smallest absolute Gasteiger partial charge is 0.266 e. The Bertz CT molecular complexity index is 985. The van der Waals surface area contributed by atoms with Crippen LogP contribution in [0.2, 0.25) is 0 Å². The highest BCUT2D eigenvalue weighted by Crippen LogP contribution is 2.33. The molecule has 2 fully saturated rings. The average molecular weight is 456 g/mol. The number of benzene rings is 1. The lowest BCUT2D eigenvalue weighted by Gasteiger charge is -2.32. The summed E-state index contributed by atoms with van der Waals surface area (Å²) in [7, 11) is 0. The lowest BCUT2D eigenvalue weighted by atomic mass is 9.92. The fourth-order valence-corrected chi connectivity index (χ4v) is 4.71. The van der Waals surface area contributed by atoms with Crippen molar-refractivity contribution >= 4 is 29.5 Å². The number of likely N-dealkylation sites (tertiary alicyclic amines) is 1. The number of amides is 5. The van der Waals surface area contributed by atoms with Crippen LogP contribution in [0.4, 0.5) is 0 Å². The SMILES string of the molecule is NCCCC1CCN(C(=O)COc2cccc3c2C(=O)N(C2CCC(=O)NC2=O)C3=O)CC1. The molecule has 3 aliphatic rings. The van der Waals surface area contributed by atoms with E-state index in [-0.39, 0.29) is 42.2 Å². The van der Waals surface area contributed by atoms with E-state index in [2.05, 4.69) is 5.32 Å². The second-order valence-corrected chi connectivity index (χ2v) is 8.67. The van der Waals surface area contributed by atoms with Gasteiger partial charge in [0.15, 0.2) is 6.61 Å². The van der Waals surface area contributed by atoms with Gasteiger partial charge in [0.2, 0.25) is 11.8 Å². The summed E-state index contributed by atoms with van der Waals surface area (Å²) in [5.74, 6) is -1.84. The molecular weight excluding hydrogens is 428 g/mol. The number of piperidine rings is 2. The van der Waals surface area contributed by atoms with Crippen molar-refractivity contribution in [2.45, 2.75) is 44.6 Å². The Hall–Kier alpha value is -3.27. The second kappa shape index (κ2) is 9.70. The third-order valence-corrected chi connectivity index (χ3v) is 6.56. The summed E-state index contributed by atoms with van der Waals surface area (Å²) in [5, 5.41) is 2.17. The molecule has 3 N–H and O–H groups in total. The zero-order valence-electron chi connectivity index (χ0n) is 18.4. The maximum absolute atomic E-state index is 13.1. The minimum absolute atomic E-state index is 0.0421. The van der Waals surface area contributed by atoms with Crippen LogP contribution >= 0.6 is 0 Å². The Morgan fingerprint density at radius 2 is 1.85 bits per heavy atom. The number of fused-ring (bicyclic) bond motifs is 1. The van der Waals surface area contributed by atoms with Crippen LogP contribution in [0.5, 0.6) is 5.75 Å². The Balaban J connectivity index is 1.41. The van der Waals surface area contributed by atoms with E-state index in [9.17, 15) is 24.0 Å². The van der Waals surface area contributed by atoms with Crippen molar-refractivity contribution in [3.63, 3.8) is 0 Å². The van der Waals surface area contributed by atoms with E-state index in [0.717, 1.165) is 30.6 Å². The number of carbonyl (C=O) groups excluding carboxylic acids is 5. The van der Waals surface area contributed by atoms with Crippen LogP contribution < -0.4 is 15.8 Å². The zero-order chi connectivity index (χ0) is 23.5. The van der Waals surface area contributed by atoms with Gasteiger partial charge in [-0.1, -0.05) is 6.07 Å². The molecule has 1 aromatic rings. The number of hydrogen-bond donors (Lipinski definition) is 2. The van der Waals surface area contributed by atoms with Gasteiger partial charge in [0.25, 0.3) is 17.7 Å². The summed E-state index contributed by atoms with van der Waals surface area (Å²) in [4.78, 5) is 64.9. The molecule has 10 heteroatoms. The highest BCUT2D eigenvalue weighted by Gasteiger charge is 2.46. The number of nitrogens with one attached hydrogen (secondary N) is 1. The first kappa shape index (κ1) is 22.9. The molecule has 1 unspecified atom stereocenters. The number of nitrogens with zero attached hydrogens (tertiary/aromatic N) is 2. The summed E-state index contributed by atoms with van der Waals surface area (Å²) in [6, 6.07) is 3.54. The fraction of sp³-hybridized carbons (Fsp3) is 0.522. The number of rotatable bonds is 7. The molecule has 3 aliphatic heterocycles. The van der Waals surface area contributed by atoms with E-state index in [0.29, 0.717) is 25.6 Å². The number of nitrogens with two attached hydrogens (primary N) is 1. The van der Waals surface area contributed by atoms with E-state index in [1.165, 1.54) is 12.1 Å². The highest BCUT2D eigenvalue weighted by molar-refractivity contribution is 6.24. The van der Waals surface area contributed by atoms with Crippen LogP contribution in [-0.2, 0) is 14.4 Å². The average Bonchev–Trinajstić information content (AvgIpc) is 3.07. The molecule has 0 spiro atoms. The zero-order valence-corrected chi connectivity index (χ0v) is 18.4. The van der Waals surface area contributed by atoms with E-state index in [1.54, 1.807) is 11.0 Å². The fourth-order valence-electron chi connectivity index (χ4n) is 4.71. The van der Waals surface area contributed by atoms with Crippen LogP contribution in [0.15, 0.2) is 18.2 Å². The Labute approximate surface area is 191 Å². The standard InChI is InChI=1S/C23H28N4O6/c24-10-2-3-14-8-11-26(12-9-14)19(29)13-33-17-5-1-4-15-20(17)23(32)27(22(15)31)16-6-7-18(28)25-21(16)30/h1,4-5,14,16H,2-3,6-13,24H2,(H,25,28,30). The van der Waals surface area contributed by atoms with Gasteiger partial charge in [-0.05, 0) is 56.7 Å². The molecule has 10 nitrogen and oxygen atoms in total. The minimum atomic E-state index is -1.05. The topological polar surface area (TPSA) is 139 Å². The summed E-state index contributed by atoms with van der Waals surface area (Å²) in [6.07, 6.45) is 4.05. The van der Waals surface area contributed by atoms with Gasteiger partial charge in [-0.2, -0.15) is 0 Å². The maximum Gasteiger partial charge on any atom is 0.266 e. The first-order valence-corrected chi connectivity index (χ1v) is 11.4. The number of ether oxygens (including phenoxy) is 1. The van der Waals surface area contributed by atoms with Crippen molar-refractivity contribution in [3.05, 3.63) is 29.3 Å². The van der Waals surface area contributed by atoms with Gasteiger partial charge < -0.3 is 15.4 Å². The van der Waals surface area contributed by atoms with E-state index >= 15 is 0 Å². The van der Waals surface area contributed by atoms with Crippen molar-refractivity contribution in [2.24, 2.45) is 11.7 Å². The molecule has 1 aromatic carbocycles. The van der Waals surface area contributed by atoms with Gasteiger partial charge in [-0.3, -0.25) is 34.2 Å². The quantitative estimate of drug-likeness (QED) is 0.568. The lowest BCUT2D eigenvalue weighted by molar-refractivity contribution is -0.136. The predicted octanol–water partition coefficient (Wildman–Crippen LogP) is 0.444. The van der Waals surface area contributed by atoms with Crippen molar-refractivity contribution in [1.29, 1.82) is 0 Å². The first-order valence-electron chi connectivity index (χ1n) is 11.4. The molecule has 2 saturated heterocycles. The predicted molar refractivity (Wildman–Crippen MR) is 116 cm³/mol. The van der Waals surface area contributed by atoms with E-state index < -0.39 is 29.7 Å². The maximum atomic E-state index is 13.1. The molecule has 5 amide bonds. The normalized spacial score (nSPS) is 21.3. The molecule has 0 aromatic heterocycles. The van der Waals surface area contributed by atoms with E-state index in [1.807, 2.05) is 0 Å². The molecule has 176 valence electrons. The van der Waals surface area contributed by atoms with Crippen LogP contribution in [0.3, 0.4) is 0 Å². The third kappa shape index (κ3) is 4.61. The van der Waals surface area contributed by atoms with Crippen molar-refractivity contribution in [3.8, 4) is 5.75 Å². The molecule has 4 rings (SSSR count). The monoisotopic (exact) mass is 456 g/mol. The molecule has 0 bridgehead atoms. The summed E-state index contributed by atoms with van der Waals surface area (Å²) in [6.45, 7) is 1.75. The molecule has 3 heterocycles. The summed E-state index contributed by atoms with van der Waals surface area (Å²) in [5.41, 5.74) is 5.74. The van der Waals surface area contributed by atoms with Crippen LogP contribution in [0.1, 0.15) is 59.2 Å². The van der Waals surface area contributed by atoms with Crippen molar-refractivity contribution in [2.75, 3.05) is 26.2 Å². The highest BCUT2D eigenvalue weighted by atomic mass is 16.5. The van der Waals surface area contributed by atoms with E-state index in [4.69, 9.17) is 10.5 Å². The number of imide groups is 2.